The summed E-state index contributed by atoms with van der Waals surface area (Å²) in [6, 6.07) is 10.8. The van der Waals surface area contributed by atoms with Gasteiger partial charge in [0.15, 0.2) is 5.82 Å². The van der Waals surface area contributed by atoms with Crippen LogP contribution in [-0.4, -0.2) is 95.9 Å². The van der Waals surface area contributed by atoms with Gasteiger partial charge in [-0.1, -0.05) is 18.1 Å². The molecule has 9 rings (SSSR count). The van der Waals surface area contributed by atoms with Gasteiger partial charge >= 0.3 is 6.01 Å². The Bertz CT molecular complexity index is 1980. The van der Waals surface area contributed by atoms with E-state index in [0.29, 0.717) is 46.2 Å². The van der Waals surface area contributed by atoms with Crippen molar-refractivity contribution < 1.29 is 18.6 Å². The molecule has 4 aliphatic heterocycles. The van der Waals surface area contributed by atoms with E-state index in [4.69, 9.17) is 21.1 Å². The van der Waals surface area contributed by atoms with Crippen LogP contribution in [0.15, 0.2) is 36.4 Å². The third kappa shape index (κ3) is 5.06. The summed E-state index contributed by atoms with van der Waals surface area (Å²) >= 11 is 0. The highest BCUT2D eigenvalue weighted by molar-refractivity contribution is 6.04. The molecule has 4 atom stereocenters. The molecule has 5 fully saturated rings. The molecule has 1 aromatic heterocycles. The Balaban J connectivity index is 1.09. The molecule has 5 aliphatic rings. The molecule has 4 saturated heterocycles. The lowest BCUT2D eigenvalue weighted by atomic mass is 9.83. The highest BCUT2D eigenvalue weighted by Gasteiger charge is 2.48. The summed E-state index contributed by atoms with van der Waals surface area (Å²) in [4.78, 5) is 17.0. The van der Waals surface area contributed by atoms with E-state index in [0.717, 1.165) is 70.4 Å². The fourth-order valence-corrected chi connectivity index (χ4v) is 8.97. The number of hydrogen-bond donors (Lipinski definition) is 2. The van der Waals surface area contributed by atoms with Gasteiger partial charge in [0, 0.05) is 72.6 Å². The maximum atomic E-state index is 16.9. The first-order chi connectivity index (χ1) is 23.3. The van der Waals surface area contributed by atoms with Crippen LogP contribution in [0.3, 0.4) is 0 Å². The highest BCUT2D eigenvalue weighted by atomic mass is 19.1. The molecule has 5 heterocycles. The van der Waals surface area contributed by atoms with Crippen LogP contribution in [0.25, 0.3) is 32.8 Å². The van der Waals surface area contributed by atoms with Crippen molar-refractivity contribution in [3.05, 3.63) is 53.6 Å². The van der Waals surface area contributed by atoms with E-state index >= 15 is 4.39 Å². The zero-order valence-corrected chi connectivity index (χ0v) is 27.2. The number of benzene rings is 3. The minimum atomic E-state index is -0.590. The van der Waals surface area contributed by atoms with Gasteiger partial charge in [-0.15, -0.1) is 6.42 Å². The number of ether oxygens (including phenoxy) is 1. The van der Waals surface area contributed by atoms with Gasteiger partial charge in [0.05, 0.1) is 12.2 Å². The van der Waals surface area contributed by atoms with Crippen LogP contribution in [-0.2, 0) is 0 Å². The molecular weight excluding hydrogens is 610 g/mol. The van der Waals surface area contributed by atoms with Crippen LogP contribution in [0.5, 0.6) is 11.8 Å². The first kappa shape index (κ1) is 30.1. The minimum Gasteiger partial charge on any atom is -0.508 e. The second-order valence-corrected chi connectivity index (χ2v) is 14.9. The Morgan fingerprint density at radius 3 is 2.56 bits per heavy atom. The standard InChI is InChI=1S/C38H40F2N6O2/c1-3-27-31(39)9-4-22-14-26(47)15-30(33(22)27)28-7-8-29-35(34(28)40)42-37(43-36(29)46-18-24-5-6-25(19-46)41-24)48-21-38(11-12-38)20-45-13-10-32-23(17-45)16-44(32)2/h1,4,7-9,14-15,23-25,32,41,47H,5-6,10-13,16-21H2,2H3. The number of phenols is 1. The minimum absolute atomic E-state index is 0.0222. The van der Waals surface area contributed by atoms with Crippen molar-refractivity contribution >= 4 is 27.5 Å². The van der Waals surface area contributed by atoms with Crippen LogP contribution >= 0.6 is 0 Å². The van der Waals surface area contributed by atoms with E-state index < -0.39 is 11.6 Å². The van der Waals surface area contributed by atoms with E-state index in [1.54, 1.807) is 12.1 Å². The molecular formula is C38H40F2N6O2. The average molecular weight is 651 g/mol. The second-order valence-electron chi connectivity index (χ2n) is 14.9. The van der Waals surface area contributed by atoms with Crippen molar-refractivity contribution in [1.29, 1.82) is 0 Å². The Kier molecular flexibility index (Phi) is 7.05. The molecule has 3 aromatic carbocycles. The molecule has 4 aromatic rings. The predicted molar refractivity (Wildman–Crippen MR) is 182 cm³/mol. The summed E-state index contributed by atoms with van der Waals surface area (Å²) in [5.74, 6) is 2.62. The Morgan fingerprint density at radius 1 is 1.02 bits per heavy atom. The molecule has 48 heavy (non-hydrogen) atoms. The normalized spacial score (nSPS) is 26.3. The van der Waals surface area contributed by atoms with Gasteiger partial charge in [-0.3, -0.25) is 0 Å². The van der Waals surface area contributed by atoms with Crippen molar-refractivity contribution in [2.45, 2.75) is 50.2 Å². The molecule has 4 unspecified atom stereocenters. The van der Waals surface area contributed by atoms with Crippen LogP contribution in [0.1, 0.15) is 37.7 Å². The molecule has 0 radical (unpaired) electrons. The van der Waals surface area contributed by atoms with Gasteiger partial charge in [0.2, 0.25) is 0 Å². The van der Waals surface area contributed by atoms with Gasteiger partial charge in [0.1, 0.15) is 22.9 Å². The number of aromatic hydroxyl groups is 1. The molecule has 10 heteroatoms. The first-order valence-electron chi connectivity index (χ1n) is 17.3. The number of aromatic nitrogens is 2. The number of piperidine rings is 1. The van der Waals surface area contributed by atoms with Crippen molar-refractivity contribution in [3.63, 3.8) is 0 Å². The molecule has 2 N–H and O–H groups in total. The summed E-state index contributed by atoms with van der Waals surface area (Å²) in [5.41, 5.74) is 0.692. The fourth-order valence-electron chi connectivity index (χ4n) is 8.97. The number of fused-ring (bicyclic) bond motifs is 5. The first-order valence-corrected chi connectivity index (χ1v) is 17.3. The molecule has 248 valence electrons. The smallest absolute Gasteiger partial charge is 0.319 e. The lowest BCUT2D eigenvalue weighted by Crippen LogP contribution is -2.62. The van der Waals surface area contributed by atoms with Crippen molar-refractivity contribution in [3.8, 4) is 35.2 Å². The quantitative estimate of drug-likeness (QED) is 0.266. The number of hydrogen-bond acceptors (Lipinski definition) is 8. The number of anilines is 1. The summed E-state index contributed by atoms with van der Waals surface area (Å²) < 4.78 is 38.2. The van der Waals surface area contributed by atoms with Crippen molar-refractivity contribution in [1.82, 2.24) is 25.1 Å². The fraction of sp³-hybridized carbons (Fsp3) is 0.474. The number of terminal acetylenes is 1. The third-order valence-electron chi connectivity index (χ3n) is 11.7. The number of likely N-dealkylation sites (tertiary alicyclic amines) is 2. The predicted octanol–water partition coefficient (Wildman–Crippen LogP) is 5.15. The van der Waals surface area contributed by atoms with Crippen LogP contribution in [0.4, 0.5) is 14.6 Å². The molecule has 1 saturated carbocycles. The largest absolute Gasteiger partial charge is 0.508 e. The van der Waals surface area contributed by atoms with E-state index in [9.17, 15) is 9.50 Å². The average Bonchev–Trinajstić information content (AvgIpc) is 3.76. The number of nitrogens with zero attached hydrogens (tertiary/aromatic N) is 5. The second kappa shape index (κ2) is 11.3. The maximum absolute atomic E-state index is 16.9. The maximum Gasteiger partial charge on any atom is 0.319 e. The summed E-state index contributed by atoms with van der Waals surface area (Å²) in [6.45, 7) is 6.45. The van der Waals surface area contributed by atoms with E-state index in [1.165, 1.54) is 31.2 Å². The van der Waals surface area contributed by atoms with Gasteiger partial charge in [-0.2, -0.15) is 9.97 Å². The Hall–Kier alpha value is -4.04. The van der Waals surface area contributed by atoms with Crippen LogP contribution in [0.2, 0.25) is 0 Å². The zero-order chi connectivity index (χ0) is 32.7. The summed E-state index contributed by atoms with van der Waals surface area (Å²) in [5, 5.41) is 15.7. The number of nitrogens with one attached hydrogen (secondary N) is 1. The van der Waals surface area contributed by atoms with Crippen molar-refractivity contribution in [2.75, 3.05) is 57.8 Å². The molecule has 0 spiro atoms. The SMILES string of the molecule is C#Cc1c(F)ccc2cc(O)cc(-c3ccc4c(N5CC6CCC(C5)N6)nc(OCC5(CN6CCC7C(C6)CN7C)CC5)nc4c3F)c12. The summed E-state index contributed by atoms with van der Waals surface area (Å²) in [6.07, 6.45) is 11.3. The topological polar surface area (TPSA) is 77.0 Å². The number of piperazine rings is 1. The molecule has 2 bridgehead atoms. The number of rotatable bonds is 7. The van der Waals surface area contributed by atoms with E-state index in [2.05, 4.69) is 33.0 Å². The zero-order valence-electron chi connectivity index (χ0n) is 27.2. The monoisotopic (exact) mass is 650 g/mol. The van der Waals surface area contributed by atoms with Crippen LogP contribution in [0, 0.1) is 35.3 Å². The lowest BCUT2D eigenvalue weighted by Gasteiger charge is -2.52. The third-order valence-corrected chi connectivity index (χ3v) is 11.7. The van der Waals surface area contributed by atoms with Crippen molar-refractivity contribution in [2.24, 2.45) is 11.3 Å². The highest BCUT2D eigenvalue weighted by Crippen LogP contribution is 2.48. The van der Waals surface area contributed by atoms with Gasteiger partial charge in [0.25, 0.3) is 0 Å². The number of halogens is 2. The lowest BCUT2D eigenvalue weighted by molar-refractivity contribution is -0.0323. The van der Waals surface area contributed by atoms with Gasteiger partial charge < -0.3 is 29.9 Å². The Morgan fingerprint density at radius 2 is 1.83 bits per heavy atom. The Labute approximate surface area is 279 Å². The molecule has 0 amide bonds. The number of phenolic OH excluding ortho intramolecular Hbond substituents is 1. The van der Waals surface area contributed by atoms with Gasteiger partial charge in [-0.25, -0.2) is 8.78 Å². The molecule has 1 aliphatic carbocycles. The van der Waals surface area contributed by atoms with Crippen LogP contribution < -0.4 is 15.0 Å². The summed E-state index contributed by atoms with van der Waals surface area (Å²) in [7, 11) is 2.22. The van der Waals surface area contributed by atoms with E-state index in [1.807, 2.05) is 6.07 Å². The molecule has 8 nitrogen and oxygen atoms in total. The van der Waals surface area contributed by atoms with Gasteiger partial charge in [-0.05, 0) is 86.8 Å². The van der Waals surface area contributed by atoms with E-state index in [-0.39, 0.29) is 33.8 Å².